The fraction of sp³-hybridized carbons (Fsp3) is 0.889. The molecule has 1 rings (SSSR count). The highest BCUT2D eigenvalue weighted by atomic mass is 15.6. The second-order valence-electron chi connectivity index (χ2n) is 3.78. The van der Waals surface area contributed by atoms with E-state index < -0.39 is 0 Å². The largest absolute Gasteiger partial charge is 0.330 e. The van der Waals surface area contributed by atoms with E-state index in [1.165, 1.54) is 4.80 Å². The van der Waals surface area contributed by atoms with Gasteiger partial charge in [0.05, 0.1) is 7.05 Å². The van der Waals surface area contributed by atoms with Gasteiger partial charge in [0.15, 0.2) is 5.82 Å². The molecule has 0 aliphatic heterocycles. The number of nitrogens with zero attached hydrogens (tertiary/aromatic N) is 4. The summed E-state index contributed by atoms with van der Waals surface area (Å²) in [6.45, 7) is 5.00. The van der Waals surface area contributed by atoms with Crippen LogP contribution in [0.4, 0.5) is 0 Å². The van der Waals surface area contributed by atoms with E-state index in [9.17, 15) is 0 Å². The minimum atomic E-state index is 0.142. The van der Waals surface area contributed by atoms with Gasteiger partial charge in [-0.1, -0.05) is 13.8 Å². The van der Waals surface area contributed by atoms with E-state index in [1.54, 1.807) is 7.05 Å². The Morgan fingerprint density at radius 3 is 2.36 bits per heavy atom. The van der Waals surface area contributed by atoms with Crippen LogP contribution in [0.1, 0.15) is 32.5 Å². The molecule has 0 aliphatic carbocycles. The molecule has 0 saturated heterocycles. The predicted molar refractivity (Wildman–Crippen MR) is 54.6 cm³/mol. The van der Waals surface area contributed by atoms with Crippen molar-refractivity contribution < 1.29 is 0 Å². The highest BCUT2D eigenvalue weighted by molar-refractivity contribution is 4.90. The fourth-order valence-electron chi connectivity index (χ4n) is 1.59. The Balaban J connectivity index is 2.73. The van der Waals surface area contributed by atoms with Crippen molar-refractivity contribution >= 4 is 0 Å². The SMILES string of the molecule is CCC(CC)(CN)Cc1nnn(C)n1. The van der Waals surface area contributed by atoms with Crippen LogP contribution in [0.2, 0.25) is 0 Å². The highest BCUT2D eigenvalue weighted by Crippen LogP contribution is 2.28. The lowest BCUT2D eigenvalue weighted by Gasteiger charge is -2.28. The quantitative estimate of drug-likeness (QED) is 0.747. The molecule has 5 heteroatoms. The molecular weight excluding hydrogens is 178 g/mol. The first-order chi connectivity index (χ1) is 6.65. The maximum absolute atomic E-state index is 5.80. The zero-order chi connectivity index (χ0) is 10.6. The summed E-state index contributed by atoms with van der Waals surface area (Å²) in [5.74, 6) is 0.793. The molecule has 0 spiro atoms. The number of nitrogens with two attached hydrogens (primary N) is 1. The van der Waals surface area contributed by atoms with Gasteiger partial charge in [0.25, 0.3) is 0 Å². The summed E-state index contributed by atoms with van der Waals surface area (Å²) in [6.07, 6.45) is 2.93. The van der Waals surface area contributed by atoms with E-state index >= 15 is 0 Å². The first-order valence-electron chi connectivity index (χ1n) is 5.08. The lowest BCUT2D eigenvalue weighted by Crippen LogP contribution is -2.32. The van der Waals surface area contributed by atoms with Gasteiger partial charge in [0, 0.05) is 6.42 Å². The van der Waals surface area contributed by atoms with E-state index in [0.717, 1.165) is 25.1 Å². The van der Waals surface area contributed by atoms with Crippen molar-refractivity contribution in [1.29, 1.82) is 0 Å². The molecule has 2 N–H and O–H groups in total. The van der Waals surface area contributed by atoms with Crippen molar-refractivity contribution in [3.05, 3.63) is 5.82 Å². The molecule has 0 radical (unpaired) electrons. The van der Waals surface area contributed by atoms with E-state index in [0.29, 0.717) is 6.54 Å². The molecule has 0 aliphatic rings. The standard InChI is InChI=1S/C9H19N5/c1-4-9(5-2,7-10)6-8-11-13-14(3)12-8/h4-7,10H2,1-3H3. The zero-order valence-corrected chi connectivity index (χ0v) is 9.19. The van der Waals surface area contributed by atoms with E-state index in [-0.39, 0.29) is 5.41 Å². The van der Waals surface area contributed by atoms with Crippen LogP contribution in [0.3, 0.4) is 0 Å². The van der Waals surface area contributed by atoms with E-state index in [1.807, 2.05) is 0 Å². The number of hydrogen-bond acceptors (Lipinski definition) is 4. The minimum absolute atomic E-state index is 0.142. The van der Waals surface area contributed by atoms with Crippen LogP contribution >= 0.6 is 0 Å². The van der Waals surface area contributed by atoms with Gasteiger partial charge in [-0.3, -0.25) is 0 Å². The summed E-state index contributed by atoms with van der Waals surface area (Å²) in [7, 11) is 1.78. The van der Waals surface area contributed by atoms with Gasteiger partial charge in [0.1, 0.15) is 0 Å². The lowest BCUT2D eigenvalue weighted by molar-refractivity contribution is 0.265. The van der Waals surface area contributed by atoms with E-state index in [4.69, 9.17) is 5.73 Å². The van der Waals surface area contributed by atoms with Crippen molar-refractivity contribution in [1.82, 2.24) is 20.2 Å². The Labute approximate surface area is 84.7 Å². The van der Waals surface area contributed by atoms with Gasteiger partial charge in [-0.25, -0.2) is 0 Å². The average molecular weight is 197 g/mol. The summed E-state index contributed by atoms with van der Waals surface area (Å²) in [4.78, 5) is 1.49. The van der Waals surface area contributed by atoms with Gasteiger partial charge in [-0.05, 0) is 30.0 Å². The molecule has 0 fully saturated rings. The Morgan fingerprint density at radius 2 is 2.00 bits per heavy atom. The summed E-state index contributed by atoms with van der Waals surface area (Å²) in [6, 6.07) is 0. The Kier molecular flexibility index (Phi) is 3.57. The molecule has 1 heterocycles. The molecule has 5 nitrogen and oxygen atoms in total. The Morgan fingerprint density at radius 1 is 1.36 bits per heavy atom. The average Bonchev–Trinajstić information content (AvgIpc) is 2.61. The first kappa shape index (κ1) is 11.1. The van der Waals surface area contributed by atoms with Crippen molar-refractivity contribution in [3.63, 3.8) is 0 Å². The molecule has 0 saturated carbocycles. The third kappa shape index (κ3) is 2.29. The monoisotopic (exact) mass is 197 g/mol. The summed E-state index contributed by atoms with van der Waals surface area (Å²) in [5.41, 5.74) is 5.94. The maximum Gasteiger partial charge on any atom is 0.175 e. The van der Waals surface area contributed by atoms with Crippen LogP contribution in [0.5, 0.6) is 0 Å². The summed E-state index contributed by atoms with van der Waals surface area (Å²) in [5, 5.41) is 12.0. The van der Waals surface area contributed by atoms with Crippen molar-refractivity contribution in [2.45, 2.75) is 33.1 Å². The number of tetrazole rings is 1. The van der Waals surface area contributed by atoms with Gasteiger partial charge in [0.2, 0.25) is 0 Å². The van der Waals surface area contributed by atoms with Crippen LogP contribution in [-0.2, 0) is 13.5 Å². The molecule has 0 amide bonds. The topological polar surface area (TPSA) is 69.6 Å². The summed E-state index contributed by atoms with van der Waals surface area (Å²) >= 11 is 0. The van der Waals surface area contributed by atoms with Crippen LogP contribution < -0.4 is 5.73 Å². The highest BCUT2D eigenvalue weighted by Gasteiger charge is 2.26. The Bertz CT molecular complexity index is 268. The molecule has 0 atom stereocenters. The molecule has 0 aromatic carbocycles. The molecule has 14 heavy (non-hydrogen) atoms. The van der Waals surface area contributed by atoms with Gasteiger partial charge >= 0.3 is 0 Å². The first-order valence-corrected chi connectivity index (χ1v) is 5.08. The van der Waals surface area contributed by atoms with Crippen LogP contribution in [0, 0.1) is 5.41 Å². The van der Waals surface area contributed by atoms with Gasteiger partial charge < -0.3 is 5.73 Å². The predicted octanol–water partition coefficient (Wildman–Crippen LogP) is 0.518. The van der Waals surface area contributed by atoms with Gasteiger partial charge in [-0.2, -0.15) is 4.80 Å². The second kappa shape index (κ2) is 4.50. The van der Waals surface area contributed by atoms with Crippen LogP contribution in [0.15, 0.2) is 0 Å². The minimum Gasteiger partial charge on any atom is -0.330 e. The smallest absolute Gasteiger partial charge is 0.175 e. The number of rotatable bonds is 5. The van der Waals surface area contributed by atoms with Crippen LogP contribution in [-0.4, -0.2) is 26.8 Å². The fourth-order valence-corrected chi connectivity index (χ4v) is 1.59. The number of hydrogen-bond donors (Lipinski definition) is 1. The van der Waals surface area contributed by atoms with Crippen molar-refractivity contribution in [3.8, 4) is 0 Å². The maximum atomic E-state index is 5.80. The van der Waals surface area contributed by atoms with E-state index in [2.05, 4.69) is 29.3 Å². The molecule has 1 aromatic heterocycles. The lowest BCUT2D eigenvalue weighted by atomic mass is 9.79. The third-order valence-electron chi connectivity index (χ3n) is 3.02. The van der Waals surface area contributed by atoms with Gasteiger partial charge in [-0.15, -0.1) is 10.2 Å². The number of aryl methyl sites for hydroxylation is 1. The summed E-state index contributed by atoms with van der Waals surface area (Å²) < 4.78 is 0. The zero-order valence-electron chi connectivity index (χ0n) is 9.19. The third-order valence-corrected chi connectivity index (χ3v) is 3.02. The molecular formula is C9H19N5. The Hall–Kier alpha value is -0.970. The number of aromatic nitrogens is 4. The second-order valence-corrected chi connectivity index (χ2v) is 3.78. The molecule has 80 valence electrons. The van der Waals surface area contributed by atoms with Crippen molar-refractivity contribution in [2.24, 2.45) is 18.2 Å². The molecule has 1 aromatic rings. The molecule has 0 unspecified atom stereocenters. The van der Waals surface area contributed by atoms with Crippen LogP contribution in [0.25, 0.3) is 0 Å². The molecule has 0 bridgehead atoms. The van der Waals surface area contributed by atoms with Crippen molar-refractivity contribution in [2.75, 3.05) is 6.54 Å². The normalized spacial score (nSPS) is 12.0.